The average Bonchev–Trinajstić information content (AvgIpc) is 2.88. The van der Waals surface area contributed by atoms with Crippen LogP contribution in [0.15, 0.2) is 30.5 Å². The van der Waals surface area contributed by atoms with Crippen molar-refractivity contribution in [1.82, 2.24) is 14.5 Å². The molecule has 3 rings (SSSR count). The molecule has 0 fully saturated rings. The standard InChI is InChI=1S/C15H14ClN5O2/c1-21-6-5-10-13(19-15(16)20-14(10)21)18-11-7-8(23-2)3-4-9(11)12(17)22/h3-7H,1-2H3,(H2,17,22)(H,18,19,20). The number of hydrogen-bond donors (Lipinski definition) is 2. The number of hydrogen-bond acceptors (Lipinski definition) is 5. The summed E-state index contributed by atoms with van der Waals surface area (Å²) in [7, 11) is 3.40. The van der Waals surface area contributed by atoms with Gasteiger partial charge in [0.1, 0.15) is 17.2 Å². The zero-order chi connectivity index (χ0) is 16.6. The van der Waals surface area contributed by atoms with Gasteiger partial charge in [0, 0.05) is 19.3 Å². The summed E-state index contributed by atoms with van der Waals surface area (Å²) in [6, 6.07) is 6.79. The third-order valence-corrected chi connectivity index (χ3v) is 3.61. The first kappa shape index (κ1) is 15.1. The Labute approximate surface area is 137 Å². The van der Waals surface area contributed by atoms with E-state index in [0.717, 1.165) is 5.39 Å². The van der Waals surface area contributed by atoms with Crippen molar-refractivity contribution in [2.75, 3.05) is 12.4 Å². The van der Waals surface area contributed by atoms with Crippen LogP contribution in [0.25, 0.3) is 11.0 Å². The van der Waals surface area contributed by atoms with E-state index in [1.165, 1.54) is 0 Å². The molecule has 0 unspecified atom stereocenters. The lowest BCUT2D eigenvalue weighted by Crippen LogP contribution is -2.13. The van der Waals surface area contributed by atoms with E-state index in [1.54, 1.807) is 25.3 Å². The van der Waals surface area contributed by atoms with Gasteiger partial charge in [-0.2, -0.15) is 9.97 Å². The lowest BCUT2D eigenvalue weighted by atomic mass is 10.1. The highest BCUT2D eigenvalue weighted by Crippen LogP contribution is 2.29. The van der Waals surface area contributed by atoms with Gasteiger partial charge in [0.2, 0.25) is 5.28 Å². The molecular weight excluding hydrogens is 318 g/mol. The molecular formula is C15H14ClN5O2. The average molecular weight is 332 g/mol. The van der Waals surface area contributed by atoms with E-state index in [-0.39, 0.29) is 5.28 Å². The number of methoxy groups -OCH3 is 1. The van der Waals surface area contributed by atoms with Crippen molar-refractivity contribution in [1.29, 1.82) is 0 Å². The largest absolute Gasteiger partial charge is 0.497 e. The molecule has 0 atom stereocenters. The number of fused-ring (bicyclic) bond motifs is 1. The van der Waals surface area contributed by atoms with E-state index in [2.05, 4.69) is 15.3 Å². The summed E-state index contributed by atoms with van der Waals surface area (Å²) >= 11 is 5.99. The van der Waals surface area contributed by atoms with E-state index in [0.29, 0.717) is 28.5 Å². The van der Waals surface area contributed by atoms with E-state index in [4.69, 9.17) is 22.1 Å². The Bertz CT molecular complexity index is 906. The molecule has 2 aromatic heterocycles. The van der Waals surface area contributed by atoms with Crippen LogP contribution in [0.1, 0.15) is 10.4 Å². The highest BCUT2D eigenvalue weighted by Gasteiger charge is 2.14. The highest BCUT2D eigenvalue weighted by molar-refractivity contribution is 6.28. The van der Waals surface area contributed by atoms with Crippen LogP contribution >= 0.6 is 11.6 Å². The van der Waals surface area contributed by atoms with Crippen molar-refractivity contribution in [3.63, 3.8) is 0 Å². The second-order valence-electron chi connectivity index (χ2n) is 4.91. The quantitative estimate of drug-likeness (QED) is 0.716. The van der Waals surface area contributed by atoms with Crippen molar-refractivity contribution in [2.45, 2.75) is 0 Å². The Morgan fingerprint density at radius 1 is 1.35 bits per heavy atom. The number of carbonyl (C=O) groups excluding carboxylic acids is 1. The van der Waals surface area contributed by atoms with Gasteiger partial charge in [0.05, 0.1) is 23.7 Å². The molecule has 0 aliphatic carbocycles. The molecule has 8 heteroatoms. The summed E-state index contributed by atoms with van der Waals surface area (Å²) in [5.74, 6) is 0.512. The molecule has 0 aliphatic heterocycles. The number of primary amides is 1. The number of aryl methyl sites for hydroxylation is 1. The van der Waals surface area contributed by atoms with E-state index in [1.807, 2.05) is 23.9 Å². The van der Waals surface area contributed by atoms with E-state index >= 15 is 0 Å². The molecule has 3 aromatic rings. The number of rotatable bonds is 4. The number of aromatic nitrogens is 3. The number of anilines is 2. The predicted molar refractivity (Wildman–Crippen MR) is 88.3 cm³/mol. The van der Waals surface area contributed by atoms with Gasteiger partial charge >= 0.3 is 0 Å². The minimum atomic E-state index is -0.556. The SMILES string of the molecule is COc1ccc(C(N)=O)c(Nc2nc(Cl)nc3c2ccn3C)c1. The van der Waals surface area contributed by atoms with Gasteiger partial charge in [0.15, 0.2) is 0 Å². The third-order valence-electron chi connectivity index (χ3n) is 3.44. The fraction of sp³-hybridized carbons (Fsp3) is 0.133. The Balaban J connectivity index is 2.14. The first-order valence-electron chi connectivity index (χ1n) is 6.73. The number of nitrogens with zero attached hydrogens (tertiary/aromatic N) is 3. The minimum absolute atomic E-state index is 0.102. The van der Waals surface area contributed by atoms with Crippen molar-refractivity contribution >= 4 is 40.0 Å². The van der Waals surface area contributed by atoms with Crippen molar-refractivity contribution in [2.24, 2.45) is 12.8 Å². The first-order valence-corrected chi connectivity index (χ1v) is 7.11. The maximum absolute atomic E-state index is 11.6. The summed E-state index contributed by atoms with van der Waals surface area (Å²) < 4.78 is 7.02. The molecule has 0 aliphatic rings. The van der Waals surface area contributed by atoms with Crippen LogP contribution in [-0.2, 0) is 7.05 Å². The van der Waals surface area contributed by atoms with Crippen LogP contribution < -0.4 is 15.8 Å². The van der Waals surface area contributed by atoms with Gasteiger partial charge in [-0.25, -0.2) is 0 Å². The van der Waals surface area contributed by atoms with Gasteiger partial charge in [-0.3, -0.25) is 4.79 Å². The molecule has 2 heterocycles. The molecule has 7 nitrogen and oxygen atoms in total. The number of carbonyl (C=O) groups is 1. The fourth-order valence-electron chi connectivity index (χ4n) is 2.30. The highest BCUT2D eigenvalue weighted by atomic mass is 35.5. The summed E-state index contributed by atoms with van der Waals surface area (Å²) in [4.78, 5) is 20.0. The molecule has 0 bridgehead atoms. The molecule has 1 amide bonds. The van der Waals surface area contributed by atoms with Crippen LogP contribution in [0.3, 0.4) is 0 Å². The zero-order valence-electron chi connectivity index (χ0n) is 12.5. The van der Waals surface area contributed by atoms with Crippen LogP contribution in [0, 0.1) is 0 Å². The summed E-state index contributed by atoms with van der Waals surface area (Å²) in [5.41, 5.74) is 6.91. The molecule has 23 heavy (non-hydrogen) atoms. The van der Waals surface area contributed by atoms with E-state index < -0.39 is 5.91 Å². The third kappa shape index (κ3) is 2.78. The van der Waals surface area contributed by atoms with Crippen molar-refractivity contribution in [3.8, 4) is 5.75 Å². The van der Waals surface area contributed by atoms with Crippen LogP contribution in [0.5, 0.6) is 5.75 Å². The number of halogens is 1. The molecule has 0 saturated heterocycles. The zero-order valence-corrected chi connectivity index (χ0v) is 13.3. The Hall–Kier alpha value is -2.80. The molecule has 0 spiro atoms. The summed E-state index contributed by atoms with van der Waals surface area (Å²) in [6.07, 6.45) is 1.85. The topological polar surface area (TPSA) is 95.1 Å². The maximum atomic E-state index is 11.6. The lowest BCUT2D eigenvalue weighted by molar-refractivity contribution is 0.100. The van der Waals surface area contributed by atoms with Gasteiger partial charge in [-0.05, 0) is 29.8 Å². The van der Waals surface area contributed by atoms with Crippen LogP contribution in [-0.4, -0.2) is 27.6 Å². The Morgan fingerprint density at radius 2 is 2.13 bits per heavy atom. The number of amides is 1. The number of ether oxygens (including phenoxy) is 1. The van der Waals surface area contributed by atoms with Gasteiger partial charge in [-0.15, -0.1) is 0 Å². The Morgan fingerprint density at radius 3 is 2.83 bits per heavy atom. The molecule has 0 radical (unpaired) electrons. The second kappa shape index (κ2) is 5.77. The lowest BCUT2D eigenvalue weighted by Gasteiger charge is -2.12. The smallest absolute Gasteiger partial charge is 0.250 e. The number of benzene rings is 1. The second-order valence-corrected chi connectivity index (χ2v) is 5.24. The van der Waals surface area contributed by atoms with E-state index in [9.17, 15) is 4.79 Å². The molecule has 118 valence electrons. The summed E-state index contributed by atoms with van der Waals surface area (Å²) in [6.45, 7) is 0. The van der Waals surface area contributed by atoms with Gasteiger partial charge < -0.3 is 20.4 Å². The summed E-state index contributed by atoms with van der Waals surface area (Å²) in [5, 5.41) is 3.97. The van der Waals surface area contributed by atoms with Crippen LogP contribution in [0.4, 0.5) is 11.5 Å². The predicted octanol–water partition coefficient (Wildman–Crippen LogP) is 2.47. The fourth-order valence-corrected chi connectivity index (χ4v) is 2.47. The van der Waals surface area contributed by atoms with Crippen molar-refractivity contribution < 1.29 is 9.53 Å². The van der Waals surface area contributed by atoms with Crippen LogP contribution in [0.2, 0.25) is 5.28 Å². The van der Waals surface area contributed by atoms with Gasteiger partial charge in [-0.1, -0.05) is 0 Å². The van der Waals surface area contributed by atoms with Crippen molar-refractivity contribution in [3.05, 3.63) is 41.3 Å². The molecule has 0 saturated carbocycles. The monoisotopic (exact) mass is 331 g/mol. The van der Waals surface area contributed by atoms with Gasteiger partial charge in [0.25, 0.3) is 5.91 Å². The minimum Gasteiger partial charge on any atom is -0.497 e. The molecule has 1 aromatic carbocycles. The first-order chi connectivity index (χ1) is 11.0. The Kier molecular flexibility index (Phi) is 3.79. The molecule has 3 N–H and O–H groups in total. The number of nitrogens with two attached hydrogens (primary N) is 1. The number of nitrogens with one attached hydrogen (secondary N) is 1. The normalized spacial score (nSPS) is 10.7. The maximum Gasteiger partial charge on any atom is 0.250 e.